The number of Topliss-reactive ketones (excluding diaryl/α,β-unsaturated/α-hetero) is 1. The number of carbonyl (C=O) groups is 1. The summed E-state index contributed by atoms with van der Waals surface area (Å²) in [5.74, 6) is -0.767. The molecule has 0 bridgehead atoms. The van der Waals surface area contributed by atoms with E-state index in [-0.39, 0.29) is 24.9 Å². The predicted molar refractivity (Wildman–Crippen MR) is 125 cm³/mol. The first-order valence-corrected chi connectivity index (χ1v) is 12.3. The van der Waals surface area contributed by atoms with Crippen molar-refractivity contribution in [3.05, 3.63) is 95.3 Å². The minimum absolute atomic E-state index is 0.0536. The molecular formula is C26H27O4P. The van der Waals surface area contributed by atoms with E-state index >= 15 is 0 Å². The molecule has 5 heteroatoms. The van der Waals surface area contributed by atoms with Crippen molar-refractivity contribution in [3.63, 3.8) is 0 Å². The minimum Gasteiger partial charge on any atom is -0.306 e. The molecule has 0 amide bonds. The van der Waals surface area contributed by atoms with Crippen molar-refractivity contribution >= 4 is 24.2 Å². The van der Waals surface area contributed by atoms with Crippen LogP contribution in [0.1, 0.15) is 42.1 Å². The van der Waals surface area contributed by atoms with Gasteiger partial charge >= 0.3 is 7.60 Å². The molecule has 3 aromatic rings. The van der Waals surface area contributed by atoms with Gasteiger partial charge in [0, 0.05) is 16.8 Å². The second kappa shape index (κ2) is 9.32. The van der Waals surface area contributed by atoms with E-state index in [1.165, 1.54) is 0 Å². The van der Waals surface area contributed by atoms with Crippen LogP contribution in [0.3, 0.4) is 0 Å². The molecule has 0 aliphatic heterocycles. The SMILES string of the molecule is CCOP(=O)(OCC)C1=CC[C@@H](c2ccc3ccccc3c2)[C@@H]1C(=O)c1ccccc1. The van der Waals surface area contributed by atoms with Crippen LogP contribution in [0.4, 0.5) is 0 Å². The summed E-state index contributed by atoms with van der Waals surface area (Å²) in [6.07, 6.45) is 2.51. The highest BCUT2D eigenvalue weighted by molar-refractivity contribution is 7.58. The monoisotopic (exact) mass is 434 g/mol. The molecule has 1 aliphatic carbocycles. The van der Waals surface area contributed by atoms with E-state index in [2.05, 4.69) is 30.3 Å². The Morgan fingerprint density at radius 3 is 2.23 bits per heavy atom. The lowest BCUT2D eigenvalue weighted by Gasteiger charge is -2.27. The third-order valence-corrected chi connectivity index (χ3v) is 8.05. The van der Waals surface area contributed by atoms with Crippen LogP contribution in [0, 0.1) is 5.92 Å². The second-order valence-corrected chi connectivity index (χ2v) is 9.65. The first-order chi connectivity index (χ1) is 15.1. The van der Waals surface area contributed by atoms with Crippen LogP contribution in [0.2, 0.25) is 0 Å². The van der Waals surface area contributed by atoms with E-state index in [1.807, 2.05) is 48.5 Å². The Balaban J connectivity index is 1.79. The molecule has 0 N–H and O–H groups in total. The van der Waals surface area contributed by atoms with E-state index in [9.17, 15) is 9.36 Å². The molecule has 160 valence electrons. The van der Waals surface area contributed by atoms with Crippen molar-refractivity contribution in [2.45, 2.75) is 26.2 Å². The van der Waals surface area contributed by atoms with E-state index < -0.39 is 13.5 Å². The Kier molecular flexibility index (Phi) is 6.52. The van der Waals surface area contributed by atoms with Crippen molar-refractivity contribution in [2.75, 3.05) is 13.2 Å². The summed E-state index contributed by atoms with van der Waals surface area (Å²) in [5.41, 5.74) is 1.66. The fraction of sp³-hybridized carbons (Fsp3) is 0.269. The number of hydrogen-bond donors (Lipinski definition) is 0. The fourth-order valence-electron chi connectivity index (χ4n) is 4.39. The molecule has 1 aliphatic rings. The largest absolute Gasteiger partial charge is 0.357 e. The van der Waals surface area contributed by atoms with E-state index in [4.69, 9.17) is 9.05 Å². The second-order valence-electron chi connectivity index (χ2n) is 7.62. The number of ketones is 1. The zero-order chi connectivity index (χ0) is 21.8. The number of carbonyl (C=O) groups excluding carboxylic acids is 1. The molecule has 0 saturated carbocycles. The summed E-state index contributed by atoms with van der Waals surface area (Å²) < 4.78 is 25.0. The number of benzene rings is 3. The Morgan fingerprint density at radius 2 is 1.55 bits per heavy atom. The molecule has 31 heavy (non-hydrogen) atoms. The lowest BCUT2D eigenvalue weighted by Crippen LogP contribution is -2.22. The van der Waals surface area contributed by atoms with Gasteiger partial charge in [-0.05, 0) is 36.6 Å². The van der Waals surface area contributed by atoms with Crippen LogP contribution < -0.4 is 0 Å². The summed E-state index contributed by atoms with van der Waals surface area (Å²) >= 11 is 0. The molecule has 0 aromatic heterocycles. The molecule has 2 atom stereocenters. The van der Waals surface area contributed by atoms with Crippen molar-refractivity contribution in [1.82, 2.24) is 0 Å². The van der Waals surface area contributed by atoms with Gasteiger partial charge in [-0.25, -0.2) is 0 Å². The Morgan fingerprint density at radius 1 is 0.903 bits per heavy atom. The van der Waals surface area contributed by atoms with E-state index in [1.54, 1.807) is 13.8 Å². The highest BCUT2D eigenvalue weighted by atomic mass is 31.2. The molecule has 3 aromatic carbocycles. The van der Waals surface area contributed by atoms with Gasteiger partial charge in [-0.2, -0.15) is 0 Å². The van der Waals surface area contributed by atoms with Crippen molar-refractivity contribution in [1.29, 1.82) is 0 Å². The molecule has 0 fully saturated rings. The topological polar surface area (TPSA) is 52.6 Å². The van der Waals surface area contributed by atoms with Crippen LogP contribution in [0.15, 0.2) is 84.2 Å². The van der Waals surface area contributed by atoms with Crippen molar-refractivity contribution in [3.8, 4) is 0 Å². The van der Waals surface area contributed by atoms with E-state index in [0.29, 0.717) is 17.3 Å². The van der Waals surface area contributed by atoms with Crippen molar-refractivity contribution in [2.24, 2.45) is 5.92 Å². The van der Waals surface area contributed by atoms with Gasteiger partial charge in [-0.3, -0.25) is 9.36 Å². The van der Waals surface area contributed by atoms with Gasteiger partial charge in [0.1, 0.15) is 0 Å². The first kappa shape index (κ1) is 21.7. The lowest BCUT2D eigenvalue weighted by atomic mass is 9.83. The number of hydrogen-bond acceptors (Lipinski definition) is 4. The van der Waals surface area contributed by atoms with Crippen LogP contribution >= 0.6 is 7.60 Å². The average Bonchev–Trinajstić information content (AvgIpc) is 3.25. The number of rotatable bonds is 8. The van der Waals surface area contributed by atoms with Crippen LogP contribution in [0.25, 0.3) is 10.8 Å². The fourth-order valence-corrected chi connectivity index (χ4v) is 6.41. The Labute approximate surface area is 183 Å². The third-order valence-electron chi connectivity index (χ3n) is 5.76. The standard InChI is InChI=1S/C26H27O4P/c1-3-29-31(28,30-4-2)24-17-16-23(25(24)26(27)20-11-6-5-7-12-20)22-15-14-19-10-8-9-13-21(19)18-22/h5-15,17-18,23,25H,3-4,16H2,1-2H3/t23-,25-/m0/s1. The maximum Gasteiger partial charge on any atom is 0.357 e. The van der Waals surface area contributed by atoms with Gasteiger partial charge in [0.25, 0.3) is 0 Å². The average molecular weight is 434 g/mol. The third kappa shape index (κ3) is 4.29. The summed E-state index contributed by atoms with van der Waals surface area (Å²) in [5, 5.41) is 2.76. The van der Waals surface area contributed by atoms with Gasteiger partial charge in [-0.15, -0.1) is 0 Å². The van der Waals surface area contributed by atoms with Crippen molar-refractivity contribution < 1.29 is 18.4 Å². The summed E-state index contributed by atoms with van der Waals surface area (Å²) in [6.45, 7) is 4.08. The molecule has 0 radical (unpaired) electrons. The van der Waals surface area contributed by atoms with Gasteiger partial charge in [0.2, 0.25) is 0 Å². The Bertz CT molecular complexity index is 1140. The zero-order valence-electron chi connectivity index (χ0n) is 17.9. The normalized spacial score (nSPS) is 18.8. The van der Waals surface area contributed by atoms with Gasteiger partial charge < -0.3 is 9.05 Å². The van der Waals surface area contributed by atoms with Gasteiger partial charge in [0.15, 0.2) is 5.78 Å². The minimum atomic E-state index is -3.56. The highest BCUT2D eigenvalue weighted by Gasteiger charge is 2.46. The Hall–Kier alpha value is -2.52. The molecule has 0 heterocycles. The number of allylic oxidation sites excluding steroid dienone is 2. The van der Waals surface area contributed by atoms with Gasteiger partial charge in [0.05, 0.1) is 19.1 Å². The molecule has 0 spiro atoms. The molecule has 4 nitrogen and oxygen atoms in total. The smallest absolute Gasteiger partial charge is 0.306 e. The van der Waals surface area contributed by atoms with E-state index in [0.717, 1.165) is 16.3 Å². The number of fused-ring (bicyclic) bond motifs is 1. The predicted octanol–water partition coefficient (Wildman–Crippen LogP) is 6.98. The van der Waals surface area contributed by atoms with Crippen LogP contribution in [-0.4, -0.2) is 19.0 Å². The van der Waals surface area contributed by atoms with Gasteiger partial charge in [-0.1, -0.05) is 78.9 Å². The first-order valence-electron chi connectivity index (χ1n) is 10.7. The summed E-state index contributed by atoms with van der Waals surface area (Å²) in [6, 6.07) is 23.6. The maximum absolute atomic E-state index is 13.7. The lowest BCUT2D eigenvalue weighted by molar-refractivity contribution is 0.0927. The highest BCUT2D eigenvalue weighted by Crippen LogP contribution is 2.64. The summed E-state index contributed by atoms with van der Waals surface area (Å²) in [4.78, 5) is 13.7. The molecule has 0 saturated heterocycles. The molecule has 4 rings (SSSR count). The molecule has 0 unspecified atom stereocenters. The summed E-state index contributed by atoms with van der Waals surface area (Å²) in [7, 11) is -3.56. The van der Waals surface area contributed by atoms with Crippen LogP contribution in [-0.2, 0) is 13.6 Å². The molecular weight excluding hydrogens is 407 g/mol. The van der Waals surface area contributed by atoms with Crippen LogP contribution in [0.5, 0.6) is 0 Å². The zero-order valence-corrected chi connectivity index (χ0v) is 18.8. The quantitative estimate of drug-likeness (QED) is 0.284. The maximum atomic E-state index is 13.7.